The lowest BCUT2D eigenvalue weighted by Crippen LogP contribution is -2.55. The van der Waals surface area contributed by atoms with Crippen molar-refractivity contribution in [3.05, 3.63) is 0 Å². The second-order valence-electron chi connectivity index (χ2n) is 5.41. The summed E-state index contributed by atoms with van der Waals surface area (Å²) in [5, 5.41) is 0. The van der Waals surface area contributed by atoms with Gasteiger partial charge in [-0.25, -0.2) is 0 Å². The van der Waals surface area contributed by atoms with Crippen molar-refractivity contribution in [1.29, 1.82) is 0 Å². The number of piperazine rings is 1. The van der Waals surface area contributed by atoms with E-state index < -0.39 is 0 Å². The van der Waals surface area contributed by atoms with Gasteiger partial charge in [-0.05, 0) is 19.4 Å². The molecule has 4 nitrogen and oxygen atoms in total. The second kappa shape index (κ2) is 6.36. The van der Waals surface area contributed by atoms with E-state index in [1.54, 1.807) is 0 Å². The Labute approximate surface area is 105 Å². The van der Waals surface area contributed by atoms with Crippen molar-refractivity contribution < 1.29 is 4.79 Å². The third-order valence-corrected chi connectivity index (χ3v) is 3.94. The second-order valence-corrected chi connectivity index (χ2v) is 5.41. The smallest absolute Gasteiger partial charge is 0.227 e. The minimum absolute atomic E-state index is 0.0177. The average Bonchev–Trinajstić information content (AvgIpc) is 2.29. The van der Waals surface area contributed by atoms with Crippen LogP contribution < -0.4 is 5.73 Å². The van der Waals surface area contributed by atoms with Crippen LogP contribution in [0.4, 0.5) is 0 Å². The minimum Gasteiger partial charge on any atom is -0.340 e. The zero-order chi connectivity index (χ0) is 13.0. The van der Waals surface area contributed by atoms with Gasteiger partial charge >= 0.3 is 0 Å². The van der Waals surface area contributed by atoms with Crippen LogP contribution in [-0.4, -0.2) is 55.0 Å². The molecule has 1 rings (SSSR count). The molecule has 1 aliphatic heterocycles. The molecule has 1 heterocycles. The molecule has 0 radical (unpaired) electrons. The Morgan fingerprint density at radius 1 is 1.41 bits per heavy atom. The molecule has 0 aromatic carbocycles. The van der Waals surface area contributed by atoms with Gasteiger partial charge in [0.1, 0.15) is 0 Å². The fourth-order valence-corrected chi connectivity index (χ4v) is 2.48. The maximum absolute atomic E-state index is 12.4. The van der Waals surface area contributed by atoms with E-state index in [2.05, 4.69) is 32.7 Å². The first-order chi connectivity index (χ1) is 8.01. The van der Waals surface area contributed by atoms with Crippen LogP contribution >= 0.6 is 0 Å². The first-order valence-corrected chi connectivity index (χ1v) is 6.70. The fraction of sp³-hybridized carbons (Fsp3) is 0.923. The van der Waals surface area contributed by atoms with Gasteiger partial charge in [0, 0.05) is 32.2 Å². The van der Waals surface area contributed by atoms with E-state index in [9.17, 15) is 4.79 Å². The standard InChI is InChI=1S/C13H27N3O/c1-5-11-9-16(7-6-15(11)4)13(17)12(8-14)10(2)3/h10-12H,5-9,14H2,1-4H3. The summed E-state index contributed by atoms with van der Waals surface area (Å²) < 4.78 is 0. The highest BCUT2D eigenvalue weighted by Gasteiger charge is 2.30. The quantitative estimate of drug-likeness (QED) is 0.791. The molecule has 0 saturated carbocycles. The summed E-state index contributed by atoms with van der Waals surface area (Å²) in [6.45, 7) is 9.45. The van der Waals surface area contributed by atoms with Crippen molar-refractivity contribution in [3.63, 3.8) is 0 Å². The fourth-order valence-electron chi connectivity index (χ4n) is 2.48. The van der Waals surface area contributed by atoms with Crippen LogP contribution in [0.2, 0.25) is 0 Å². The Morgan fingerprint density at radius 3 is 2.53 bits per heavy atom. The summed E-state index contributed by atoms with van der Waals surface area (Å²) in [4.78, 5) is 16.7. The number of likely N-dealkylation sites (N-methyl/N-ethyl adjacent to an activating group) is 1. The highest BCUT2D eigenvalue weighted by atomic mass is 16.2. The van der Waals surface area contributed by atoms with E-state index in [1.165, 1.54) is 0 Å². The van der Waals surface area contributed by atoms with Gasteiger partial charge in [-0.15, -0.1) is 0 Å². The lowest BCUT2D eigenvalue weighted by atomic mass is 9.93. The van der Waals surface area contributed by atoms with E-state index in [4.69, 9.17) is 5.73 Å². The number of hydrogen-bond acceptors (Lipinski definition) is 3. The minimum atomic E-state index is -0.0177. The third kappa shape index (κ3) is 3.42. The molecule has 1 amide bonds. The molecule has 0 aromatic rings. The van der Waals surface area contributed by atoms with Gasteiger partial charge < -0.3 is 10.6 Å². The van der Waals surface area contributed by atoms with Crippen LogP contribution in [0.1, 0.15) is 27.2 Å². The average molecular weight is 241 g/mol. The maximum Gasteiger partial charge on any atom is 0.227 e. The summed E-state index contributed by atoms with van der Waals surface area (Å²) >= 11 is 0. The number of nitrogens with zero attached hydrogens (tertiary/aromatic N) is 2. The van der Waals surface area contributed by atoms with Crippen molar-refractivity contribution in [2.75, 3.05) is 33.2 Å². The highest BCUT2D eigenvalue weighted by molar-refractivity contribution is 5.79. The van der Waals surface area contributed by atoms with Crippen molar-refractivity contribution >= 4 is 5.91 Å². The van der Waals surface area contributed by atoms with Crippen LogP contribution in [0.15, 0.2) is 0 Å². The number of amides is 1. The molecule has 4 heteroatoms. The molecule has 17 heavy (non-hydrogen) atoms. The summed E-state index contributed by atoms with van der Waals surface area (Å²) in [5.41, 5.74) is 5.72. The SMILES string of the molecule is CCC1CN(C(=O)C(CN)C(C)C)CCN1C. The predicted octanol–water partition coefficient (Wildman–Crippen LogP) is 0.770. The molecule has 1 aliphatic rings. The van der Waals surface area contributed by atoms with Gasteiger partial charge in [0.05, 0.1) is 5.92 Å². The van der Waals surface area contributed by atoms with E-state index >= 15 is 0 Å². The maximum atomic E-state index is 12.4. The number of rotatable bonds is 4. The normalized spacial score (nSPS) is 24.1. The van der Waals surface area contributed by atoms with E-state index in [1.807, 2.05) is 4.90 Å². The van der Waals surface area contributed by atoms with Gasteiger partial charge in [0.15, 0.2) is 0 Å². The van der Waals surface area contributed by atoms with Crippen molar-refractivity contribution in [1.82, 2.24) is 9.80 Å². The summed E-state index contributed by atoms with van der Waals surface area (Å²) in [7, 11) is 2.14. The van der Waals surface area contributed by atoms with E-state index in [0.717, 1.165) is 26.1 Å². The van der Waals surface area contributed by atoms with Crippen LogP contribution in [0.25, 0.3) is 0 Å². The van der Waals surface area contributed by atoms with Crippen molar-refractivity contribution in [2.45, 2.75) is 33.2 Å². The van der Waals surface area contributed by atoms with E-state index in [0.29, 0.717) is 18.5 Å². The zero-order valence-electron chi connectivity index (χ0n) is 11.6. The Kier molecular flexibility index (Phi) is 5.40. The number of hydrogen-bond donors (Lipinski definition) is 1. The van der Waals surface area contributed by atoms with Crippen LogP contribution in [0, 0.1) is 11.8 Å². The molecular formula is C13H27N3O. The molecule has 0 aromatic heterocycles. The Balaban J connectivity index is 2.63. The lowest BCUT2D eigenvalue weighted by Gasteiger charge is -2.40. The van der Waals surface area contributed by atoms with Gasteiger partial charge in [-0.2, -0.15) is 0 Å². The first-order valence-electron chi connectivity index (χ1n) is 6.70. The van der Waals surface area contributed by atoms with Crippen LogP contribution in [-0.2, 0) is 4.79 Å². The molecule has 2 atom stereocenters. The number of carbonyl (C=O) groups excluding carboxylic acids is 1. The molecule has 0 aliphatic carbocycles. The van der Waals surface area contributed by atoms with Gasteiger partial charge in [-0.1, -0.05) is 20.8 Å². The molecule has 0 bridgehead atoms. The molecule has 2 unspecified atom stereocenters. The zero-order valence-corrected chi connectivity index (χ0v) is 11.6. The van der Waals surface area contributed by atoms with Crippen LogP contribution in [0.5, 0.6) is 0 Å². The Morgan fingerprint density at radius 2 is 2.06 bits per heavy atom. The topological polar surface area (TPSA) is 49.6 Å². The number of nitrogens with two attached hydrogens (primary N) is 1. The predicted molar refractivity (Wildman–Crippen MR) is 70.7 cm³/mol. The lowest BCUT2D eigenvalue weighted by molar-refractivity contribution is -0.139. The summed E-state index contributed by atoms with van der Waals surface area (Å²) in [6.07, 6.45) is 1.09. The summed E-state index contributed by atoms with van der Waals surface area (Å²) in [5.74, 6) is 0.553. The molecule has 0 spiro atoms. The monoisotopic (exact) mass is 241 g/mol. The molecule has 2 N–H and O–H groups in total. The van der Waals surface area contributed by atoms with Crippen molar-refractivity contribution in [2.24, 2.45) is 17.6 Å². The van der Waals surface area contributed by atoms with Gasteiger partial charge in [-0.3, -0.25) is 9.69 Å². The molecular weight excluding hydrogens is 214 g/mol. The number of carbonyl (C=O) groups is 1. The Hall–Kier alpha value is -0.610. The van der Waals surface area contributed by atoms with Gasteiger partial charge in [0.25, 0.3) is 0 Å². The third-order valence-electron chi connectivity index (χ3n) is 3.94. The summed E-state index contributed by atoms with van der Waals surface area (Å²) in [6, 6.07) is 0.498. The molecule has 1 fully saturated rings. The molecule has 100 valence electrons. The van der Waals surface area contributed by atoms with E-state index in [-0.39, 0.29) is 11.8 Å². The first kappa shape index (κ1) is 14.5. The van der Waals surface area contributed by atoms with Crippen LogP contribution in [0.3, 0.4) is 0 Å². The molecule has 1 saturated heterocycles. The van der Waals surface area contributed by atoms with Crippen molar-refractivity contribution in [3.8, 4) is 0 Å². The van der Waals surface area contributed by atoms with Gasteiger partial charge in [0.2, 0.25) is 5.91 Å². The largest absolute Gasteiger partial charge is 0.340 e. The highest BCUT2D eigenvalue weighted by Crippen LogP contribution is 2.17. The Bertz CT molecular complexity index is 255.